The van der Waals surface area contributed by atoms with Crippen LogP contribution in [0, 0.1) is 5.92 Å². The van der Waals surface area contributed by atoms with Gasteiger partial charge < -0.3 is 9.80 Å². The maximum absolute atomic E-state index is 12.1. The Morgan fingerprint density at radius 3 is 2.61 bits per heavy atom. The lowest BCUT2D eigenvalue weighted by Gasteiger charge is -2.36. The molecule has 1 fully saturated rings. The quantitative estimate of drug-likeness (QED) is 0.817. The summed E-state index contributed by atoms with van der Waals surface area (Å²) < 4.78 is 0. The van der Waals surface area contributed by atoms with Crippen LogP contribution in [0.3, 0.4) is 0 Å². The van der Waals surface area contributed by atoms with Gasteiger partial charge in [0.1, 0.15) is 5.82 Å². The lowest BCUT2D eigenvalue weighted by molar-refractivity contribution is -0.135. The zero-order valence-corrected chi connectivity index (χ0v) is 11.2. The van der Waals surface area contributed by atoms with E-state index in [2.05, 4.69) is 16.8 Å². The van der Waals surface area contributed by atoms with Crippen molar-refractivity contribution in [2.24, 2.45) is 5.92 Å². The number of aromatic nitrogens is 1. The molecule has 1 amide bonds. The molecule has 1 aliphatic heterocycles. The number of amides is 1. The van der Waals surface area contributed by atoms with E-state index < -0.39 is 0 Å². The van der Waals surface area contributed by atoms with Crippen LogP contribution in [0.5, 0.6) is 0 Å². The van der Waals surface area contributed by atoms with Gasteiger partial charge in [0.2, 0.25) is 5.91 Å². The van der Waals surface area contributed by atoms with Crippen molar-refractivity contribution in [3.05, 3.63) is 24.4 Å². The molecule has 1 aromatic rings. The summed E-state index contributed by atoms with van der Waals surface area (Å²) in [5, 5.41) is 0. The molecule has 0 spiro atoms. The Morgan fingerprint density at radius 1 is 1.33 bits per heavy atom. The summed E-state index contributed by atoms with van der Waals surface area (Å²) in [4.78, 5) is 20.6. The monoisotopic (exact) mass is 247 g/mol. The van der Waals surface area contributed by atoms with E-state index >= 15 is 0 Å². The molecule has 2 heterocycles. The highest BCUT2D eigenvalue weighted by molar-refractivity contribution is 5.78. The zero-order chi connectivity index (χ0) is 13.0. The first-order valence-corrected chi connectivity index (χ1v) is 6.67. The van der Waals surface area contributed by atoms with E-state index in [1.54, 1.807) is 0 Å². The van der Waals surface area contributed by atoms with Gasteiger partial charge >= 0.3 is 0 Å². The van der Waals surface area contributed by atoms with Gasteiger partial charge in [-0.2, -0.15) is 0 Å². The summed E-state index contributed by atoms with van der Waals surface area (Å²) in [5.41, 5.74) is 0. The number of pyridine rings is 1. The van der Waals surface area contributed by atoms with E-state index in [1.165, 1.54) is 0 Å². The predicted molar refractivity (Wildman–Crippen MR) is 72.5 cm³/mol. The third kappa shape index (κ3) is 2.81. The number of anilines is 1. The Hall–Kier alpha value is -1.58. The van der Waals surface area contributed by atoms with Crippen LogP contribution in [0.4, 0.5) is 5.82 Å². The van der Waals surface area contributed by atoms with Crippen LogP contribution in [0.2, 0.25) is 0 Å². The number of hydrogen-bond acceptors (Lipinski definition) is 3. The van der Waals surface area contributed by atoms with Crippen molar-refractivity contribution in [3.63, 3.8) is 0 Å². The van der Waals surface area contributed by atoms with Crippen molar-refractivity contribution < 1.29 is 4.79 Å². The minimum atomic E-state index is 0.145. The number of hydrogen-bond donors (Lipinski definition) is 0. The van der Waals surface area contributed by atoms with E-state index in [0.29, 0.717) is 0 Å². The second-order valence-corrected chi connectivity index (χ2v) is 4.81. The summed E-state index contributed by atoms with van der Waals surface area (Å²) in [6.07, 6.45) is 2.73. The fraction of sp³-hybridized carbons (Fsp3) is 0.571. The van der Waals surface area contributed by atoms with Crippen LogP contribution >= 0.6 is 0 Å². The van der Waals surface area contributed by atoms with Crippen molar-refractivity contribution in [1.82, 2.24) is 9.88 Å². The molecule has 0 radical (unpaired) electrons. The fourth-order valence-corrected chi connectivity index (χ4v) is 2.18. The van der Waals surface area contributed by atoms with Gasteiger partial charge in [0, 0.05) is 38.3 Å². The SMILES string of the molecule is CCC(C)C(=O)N1CCN(c2ccccn2)CC1. The summed E-state index contributed by atoms with van der Waals surface area (Å²) in [6, 6.07) is 5.94. The molecule has 4 nitrogen and oxygen atoms in total. The Bertz CT molecular complexity index is 385. The molecular formula is C14H21N3O. The Balaban J connectivity index is 1.90. The normalized spacial score (nSPS) is 17.7. The second kappa shape index (κ2) is 5.85. The summed E-state index contributed by atoms with van der Waals surface area (Å²) in [5.74, 6) is 1.44. The van der Waals surface area contributed by atoms with Crippen LogP contribution in [0.15, 0.2) is 24.4 Å². The van der Waals surface area contributed by atoms with Crippen molar-refractivity contribution in [1.29, 1.82) is 0 Å². The van der Waals surface area contributed by atoms with Gasteiger partial charge in [-0.25, -0.2) is 4.98 Å². The molecule has 0 N–H and O–H groups in total. The van der Waals surface area contributed by atoms with Gasteiger partial charge in [-0.1, -0.05) is 19.9 Å². The van der Waals surface area contributed by atoms with E-state index in [4.69, 9.17) is 0 Å². The topological polar surface area (TPSA) is 36.4 Å². The molecular weight excluding hydrogens is 226 g/mol. The number of rotatable bonds is 3. The highest BCUT2D eigenvalue weighted by Gasteiger charge is 2.24. The molecule has 1 saturated heterocycles. The fourth-order valence-electron chi connectivity index (χ4n) is 2.18. The summed E-state index contributed by atoms with van der Waals surface area (Å²) >= 11 is 0. The van der Waals surface area contributed by atoms with Gasteiger partial charge in [-0.05, 0) is 18.6 Å². The highest BCUT2D eigenvalue weighted by atomic mass is 16.2. The Labute approximate surface area is 109 Å². The summed E-state index contributed by atoms with van der Waals surface area (Å²) in [7, 11) is 0. The van der Waals surface area contributed by atoms with Crippen LogP contribution in [-0.2, 0) is 4.79 Å². The average molecular weight is 247 g/mol. The van der Waals surface area contributed by atoms with Crippen LogP contribution in [0.1, 0.15) is 20.3 Å². The third-order valence-corrected chi connectivity index (χ3v) is 3.60. The molecule has 18 heavy (non-hydrogen) atoms. The smallest absolute Gasteiger partial charge is 0.225 e. The zero-order valence-electron chi connectivity index (χ0n) is 11.2. The number of carbonyl (C=O) groups excluding carboxylic acids is 1. The first-order chi connectivity index (χ1) is 8.72. The van der Waals surface area contributed by atoms with Crippen molar-refractivity contribution in [2.45, 2.75) is 20.3 Å². The minimum Gasteiger partial charge on any atom is -0.353 e. The molecule has 1 atom stereocenters. The van der Waals surface area contributed by atoms with Gasteiger partial charge in [0.25, 0.3) is 0 Å². The molecule has 0 saturated carbocycles. The standard InChI is InChI=1S/C14H21N3O/c1-3-12(2)14(18)17-10-8-16(9-11-17)13-6-4-5-7-15-13/h4-7,12H,3,8-11H2,1-2H3. The van der Waals surface area contributed by atoms with Crippen molar-refractivity contribution in [3.8, 4) is 0 Å². The number of piperazine rings is 1. The Morgan fingerprint density at radius 2 is 2.06 bits per heavy atom. The molecule has 1 aliphatic rings. The molecule has 1 unspecified atom stereocenters. The maximum atomic E-state index is 12.1. The molecule has 0 aromatic carbocycles. The van der Waals surface area contributed by atoms with E-state index in [0.717, 1.165) is 38.4 Å². The van der Waals surface area contributed by atoms with E-state index in [9.17, 15) is 4.79 Å². The molecule has 0 bridgehead atoms. The van der Waals surface area contributed by atoms with E-state index in [1.807, 2.05) is 36.2 Å². The summed E-state index contributed by atoms with van der Waals surface area (Å²) in [6.45, 7) is 7.43. The van der Waals surface area contributed by atoms with Crippen molar-refractivity contribution in [2.75, 3.05) is 31.1 Å². The van der Waals surface area contributed by atoms with Gasteiger partial charge in [0.05, 0.1) is 0 Å². The lowest BCUT2D eigenvalue weighted by Crippen LogP contribution is -2.50. The van der Waals surface area contributed by atoms with Gasteiger partial charge in [-0.3, -0.25) is 4.79 Å². The molecule has 2 rings (SSSR count). The first kappa shape index (κ1) is 12.9. The third-order valence-electron chi connectivity index (χ3n) is 3.60. The Kier molecular flexibility index (Phi) is 4.18. The molecule has 98 valence electrons. The highest BCUT2D eigenvalue weighted by Crippen LogP contribution is 2.14. The minimum absolute atomic E-state index is 0.145. The molecule has 1 aromatic heterocycles. The second-order valence-electron chi connectivity index (χ2n) is 4.81. The first-order valence-electron chi connectivity index (χ1n) is 6.67. The van der Waals surface area contributed by atoms with Crippen LogP contribution in [0.25, 0.3) is 0 Å². The largest absolute Gasteiger partial charge is 0.353 e. The number of nitrogens with zero attached hydrogens (tertiary/aromatic N) is 3. The van der Waals surface area contributed by atoms with Crippen LogP contribution < -0.4 is 4.90 Å². The van der Waals surface area contributed by atoms with Gasteiger partial charge in [-0.15, -0.1) is 0 Å². The molecule has 4 heteroatoms. The lowest BCUT2D eigenvalue weighted by atomic mass is 10.1. The van der Waals surface area contributed by atoms with Gasteiger partial charge in [0.15, 0.2) is 0 Å². The number of carbonyl (C=O) groups is 1. The van der Waals surface area contributed by atoms with Crippen LogP contribution in [-0.4, -0.2) is 42.0 Å². The molecule has 0 aliphatic carbocycles. The maximum Gasteiger partial charge on any atom is 0.225 e. The van der Waals surface area contributed by atoms with E-state index in [-0.39, 0.29) is 11.8 Å². The average Bonchev–Trinajstić information content (AvgIpc) is 2.47. The van der Waals surface area contributed by atoms with Crippen molar-refractivity contribution >= 4 is 11.7 Å². The predicted octanol–water partition coefficient (Wildman–Crippen LogP) is 1.78.